The third kappa shape index (κ3) is 3.01. The van der Waals surface area contributed by atoms with Crippen LogP contribution in [0.25, 0.3) is 0 Å². The summed E-state index contributed by atoms with van der Waals surface area (Å²) in [5.41, 5.74) is 0. The average Bonchev–Trinajstić information content (AvgIpc) is 3.15. The zero-order chi connectivity index (χ0) is 15.6. The van der Waals surface area contributed by atoms with Gasteiger partial charge in [-0.05, 0) is 25.0 Å². The van der Waals surface area contributed by atoms with Gasteiger partial charge in [-0.2, -0.15) is 0 Å². The Bertz CT molecular complexity index is 564. The lowest BCUT2D eigenvalue weighted by Gasteiger charge is -2.36. The van der Waals surface area contributed by atoms with Crippen molar-refractivity contribution in [2.24, 2.45) is 5.92 Å². The van der Waals surface area contributed by atoms with E-state index in [2.05, 4.69) is 0 Å². The van der Waals surface area contributed by atoms with Crippen LogP contribution in [0.2, 0.25) is 0 Å². The topological polar surface area (TPSA) is 57.2 Å². The van der Waals surface area contributed by atoms with Gasteiger partial charge in [-0.3, -0.25) is 4.79 Å². The fraction of sp³-hybridized carbons (Fsp3) is 0.588. The van der Waals surface area contributed by atoms with Crippen molar-refractivity contribution in [1.82, 2.24) is 4.90 Å². The Kier molecular flexibility index (Phi) is 4.10. The van der Waals surface area contributed by atoms with Crippen molar-refractivity contribution >= 4 is 5.91 Å². The van der Waals surface area contributed by atoms with E-state index in [4.69, 9.17) is 18.9 Å². The van der Waals surface area contributed by atoms with Gasteiger partial charge in [0.2, 0.25) is 6.10 Å². The number of carbonyl (C=O) groups excluding carboxylic acids is 1. The summed E-state index contributed by atoms with van der Waals surface area (Å²) in [5, 5.41) is 0. The maximum absolute atomic E-state index is 12.6. The first-order valence-corrected chi connectivity index (χ1v) is 8.22. The van der Waals surface area contributed by atoms with Crippen LogP contribution in [0, 0.1) is 5.92 Å². The monoisotopic (exact) mass is 319 g/mol. The van der Waals surface area contributed by atoms with Crippen LogP contribution in [-0.4, -0.2) is 56.1 Å². The summed E-state index contributed by atoms with van der Waals surface area (Å²) in [6.45, 7) is 3.06. The molecule has 0 aliphatic carbocycles. The van der Waals surface area contributed by atoms with Gasteiger partial charge in [0.1, 0.15) is 6.61 Å². The number of amides is 1. The molecule has 1 aromatic carbocycles. The second-order valence-electron chi connectivity index (χ2n) is 6.14. The molecular formula is C17H21NO5. The lowest BCUT2D eigenvalue weighted by molar-refractivity contribution is -0.146. The van der Waals surface area contributed by atoms with E-state index in [1.807, 2.05) is 29.2 Å². The van der Waals surface area contributed by atoms with Crippen LogP contribution in [0.4, 0.5) is 0 Å². The number of hydrogen-bond donors (Lipinski definition) is 0. The molecule has 0 saturated carbocycles. The molecule has 2 saturated heterocycles. The zero-order valence-electron chi connectivity index (χ0n) is 13.0. The molecule has 0 bridgehead atoms. The molecule has 2 fully saturated rings. The molecule has 3 heterocycles. The first-order valence-electron chi connectivity index (χ1n) is 8.22. The van der Waals surface area contributed by atoms with Gasteiger partial charge >= 0.3 is 0 Å². The van der Waals surface area contributed by atoms with E-state index >= 15 is 0 Å². The van der Waals surface area contributed by atoms with E-state index in [-0.39, 0.29) is 18.8 Å². The van der Waals surface area contributed by atoms with Crippen molar-refractivity contribution in [2.75, 3.05) is 32.9 Å². The minimum atomic E-state index is -0.555. The molecule has 4 rings (SSSR count). The fourth-order valence-electron chi connectivity index (χ4n) is 3.39. The van der Waals surface area contributed by atoms with Crippen LogP contribution < -0.4 is 9.47 Å². The highest BCUT2D eigenvalue weighted by molar-refractivity contribution is 5.82. The summed E-state index contributed by atoms with van der Waals surface area (Å²) in [7, 11) is 0. The van der Waals surface area contributed by atoms with Crippen LogP contribution in [0.5, 0.6) is 11.5 Å². The summed E-state index contributed by atoms with van der Waals surface area (Å²) in [6, 6.07) is 7.45. The van der Waals surface area contributed by atoms with Gasteiger partial charge in [-0.1, -0.05) is 12.1 Å². The summed E-state index contributed by atoms with van der Waals surface area (Å²) in [4.78, 5) is 14.5. The minimum absolute atomic E-state index is 0.00575. The molecule has 0 spiro atoms. The number of para-hydroxylation sites is 2. The number of hydrogen-bond acceptors (Lipinski definition) is 5. The smallest absolute Gasteiger partial charge is 0.267 e. The van der Waals surface area contributed by atoms with Crippen molar-refractivity contribution in [2.45, 2.75) is 25.2 Å². The highest BCUT2D eigenvalue weighted by Gasteiger charge is 2.36. The highest BCUT2D eigenvalue weighted by atomic mass is 16.7. The normalized spacial score (nSPS) is 25.6. The number of carbonyl (C=O) groups is 1. The number of likely N-dealkylation sites (tertiary alicyclic amines) is 1. The van der Waals surface area contributed by atoms with Crippen LogP contribution >= 0.6 is 0 Å². The summed E-state index contributed by atoms with van der Waals surface area (Å²) in [6.07, 6.45) is 1.16. The molecule has 0 N–H and O–H groups in total. The Morgan fingerprint density at radius 2 is 1.74 bits per heavy atom. The summed E-state index contributed by atoms with van der Waals surface area (Å²) in [5.74, 6) is 1.72. The third-order valence-electron chi connectivity index (χ3n) is 4.67. The van der Waals surface area contributed by atoms with Gasteiger partial charge in [0.05, 0.1) is 13.2 Å². The predicted octanol–water partition coefficient (Wildman–Crippen LogP) is 1.44. The van der Waals surface area contributed by atoms with E-state index in [1.165, 1.54) is 0 Å². The molecule has 1 unspecified atom stereocenters. The SMILES string of the molecule is O=C(C1COc2ccccc2O1)N1CCC(C2OCCO2)CC1. The molecule has 3 aliphatic rings. The van der Waals surface area contributed by atoms with Crippen LogP contribution in [-0.2, 0) is 14.3 Å². The quantitative estimate of drug-likeness (QED) is 0.825. The highest BCUT2D eigenvalue weighted by Crippen LogP contribution is 2.32. The minimum Gasteiger partial charge on any atom is -0.485 e. The number of piperidine rings is 1. The van der Waals surface area contributed by atoms with Gasteiger partial charge in [0.25, 0.3) is 5.91 Å². The lowest BCUT2D eigenvalue weighted by atomic mass is 9.96. The Balaban J connectivity index is 1.34. The molecule has 124 valence electrons. The summed E-state index contributed by atoms with van der Waals surface area (Å²) >= 11 is 0. The predicted molar refractivity (Wildman–Crippen MR) is 81.3 cm³/mol. The lowest BCUT2D eigenvalue weighted by Crippen LogP contribution is -2.50. The molecule has 0 aromatic heterocycles. The number of rotatable bonds is 2. The second-order valence-corrected chi connectivity index (χ2v) is 6.14. The number of ether oxygens (including phenoxy) is 4. The largest absolute Gasteiger partial charge is 0.485 e. The number of nitrogens with zero attached hydrogens (tertiary/aromatic N) is 1. The molecule has 1 atom stereocenters. The van der Waals surface area contributed by atoms with Gasteiger partial charge in [-0.25, -0.2) is 0 Å². The molecule has 1 amide bonds. The van der Waals surface area contributed by atoms with Crippen molar-refractivity contribution in [3.63, 3.8) is 0 Å². The first kappa shape index (κ1) is 14.8. The average molecular weight is 319 g/mol. The van der Waals surface area contributed by atoms with Gasteiger partial charge in [0, 0.05) is 19.0 Å². The van der Waals surface area contributed by atoms with Crippen molar-refractivity contribution in [3.8, 4) is 11.5 Å². The van der Waals surface area contributed by atoms with Crippen LogP contribution in [0.1, 0.15) is 12.8 Å². The van der Waals surface area contributed by atoms with Crippen molar-refractivity contribution < 1.29 is 23.7 Å². The molecule has 6 nitrogen and oxygen atoms in total. The Hall–Kier alpha value is -1.79. The van der Waals surface area contributed by atoms with E-state index in [9.17, 15) is 4.79 Å². The molecule has 1 aromatic rings. The molecule has 23 heavy (non-hydrogen) atoms. The second kappa shape index (κ2) is 6.37. The van der Waals surface area contributed by atoms with E-state index in [0.29, 0.717) is 43.7 Å². The number of benzene rings is 1. The van der Waals surface area contributed by atoms with E-state index < -0.39 is 6.10 Å². The Labute approximate surface area is 135 Å². The van der Waals surface area contributed by atoms with Crippen LogP contribution in [0.3, 0.4) is 0 Å². The molecule has 6 heteroatoms. The van der Waals surface area contributed by atoms with E-state index in [0.717, 1.165) is 12.8 Å². The van der Waals surface area contributed by atoms with Crippen molar-refractivity contribution in [3.05, 3.63) is 24.3 Å². The summed E-state index contributed by atoms with van der Waals surface area (Å²) < 4.78 is 22.6. The van der Waals surface area contributed by atoms with Crippen molar-refractivity contribution in [1.29, 1.82) is 0 Å². The standard InChI is InChI=1S/C17H21NO5/c19-16(15-11-22-13-3-1-2-4-14(13)23-15)18-7-5-12(6-8-18)17-20-9-10-21-17/h1-4,12,15,17H,5-11H2. The Morgan fingerprint density at radius 1 is 1.04 bits per heavy atom. The Morgan fingerprint density at radius 3 is 2.48 bits per heavy atom. The molecule has 0 radical (unpaired) electrons. The third-order valence-corrected chi connectivity index (χ3v) is 4.67. The van der Waals surface area contributed by atoms with E-state index in [1.54, 1.807) is 0 Å². The zero-order valence-corrected chi connectivity index (χ0v) is 13.0. The van der Waals surface area contributed by atoms with Gasteiger partial charge < -0.3 is 23.8 Å². The molecule has 3 aliphatic heterocycles. The molecular weight excluding hydrogens is 298 g/mol. The fourth-order valence-corrected chi connectivity index (χ4v) is 3.39. The van der Waals surface area contributed by atoms with Gasteiger partial charge in [-0.15, -0.1) is 0 Å². The number of fused-ring (bicyclic) bond motifs is 1. The van der Waals surface area contributed by atoms with Crippen LogP contribution in [0.15, 0.2) is 24.3 Å². The maximum atomic E-state index is 12.6. The first-order chi connectivity index (χ1) is 11.3. The maximum Gasteiger partial charge on any atom is 0.267 e. The van der Waals surface area contributed by atoms with Gasteiger partial charge in [0.15, 0.2) is 17.8 Å².